The molecular weight excluding hydrogens is 342 g/mol. The quantitative estimate of drug-likeness (QED) is 0.886. The Hall–Kier alpha value is -2.25. The largest absolute Gasteiger partial charge is 0.495 e. The zero-order chi connectivity index (χ0) is 17.6. The molecule has 0 radical (unpaired) electrons. The van der Waals surface area contributed by atoms with Crippen molar-refractivity contribution in [1.29, 1.82) is 0 Å². The lowest BCUT2D eigenvalue weighted by Gasteiger charge is -2.34. The van der Waals surface area contributed by atoms with Crippen LogP contribution in [-0.4, -0.2) is 65.2 Å². The summed E-state index contributed by atoms with van der Waals surface area (Å²) in [5.74, 6) is 0.594. The Balaban J connectivity index is 1.49. The van der Waals surface area contributed by atoms with Gasteiger partial charge in [-0.3, -0.25) is 4.90 Å². The van der Waals surface area contributed by atoms with E-state index in [4.69, 9.17) is 16.3 Å². The van der Waals surface area contributed by atoms with E-state index < -0.39 is 0 Å². The molecule has 0 saturated carbocycles. The number of methoxy groups -OCH3 is 1. The van der Waals surface area contributed by atoms with Gasteiger partial charge in [0.1, 0.15) is 5.75 Å². The fourth-order valence-corrected chi connectivity index (χ4v) is 2.99. The summed E-state index contributed by atoms with van der Waals surface area (Å²) in [5, 5.41) is 3.44. The molecule has 2 heterocycles. The normalized spacial score (nSPS) is 15.2. The van der Waals surface area contributed by atoms with Crippen molar-refractivity contribution in [2.45, 2.75) is 6.54 Å². The molecule has 0 unspecified atom stereocenters. The number of urea groups is 1. The molecule has 1 aromatic heterocycles. The van der Waals surface area contributed by atoms with E-state index in [-0.39, 0.29) is 6.03 Å². The minimum Gasteiger partial charge on any atom is -0.495 e. The highest BCUT2D eigenvalue weighted by atomic mass is 35.5. The van der Waals surface area contributed by atoms with Crippen LogP contribution in [0.3, 0.4) is 0 Å². The highest BCUT2D eigenvalue weighted by Gasteiger charge is 2.21. The fraction of sp³-hybridized carbons (Fsp3) is 0.412. The van der Waals surface area contributed by atoms with Gasteiger partial charge in [-0.1, -0.05) is 11.6 Å². The number of nitrogens with one attached hydrogen (secondary N) is 1. The van der Waals surface area contributed by atoms with E-state index in [1.165, 1.54) is 0 Å². The highest BCUT2D eigenvalue weighted by Crippen LogP contribution is 2.28. The van der Waals surface area contributed by atoms with Gasteiger partial charge in [-0.2, -0.15) is 0 Å². The number of piperazine rings is 1. The van der Waals surface area contributed by atoms with Gasteiger partial charge >= 0.3 is 6.03 Å². The molecule has 25 heavy (non-hydrogen) atoms. The number of hydrogen-bond donors (Lipinski definition) is 1. The minimum absolute atomic E-state index is 0.130. The maximum absolute atomic E-state index is 12.5. The average Bonchev–Trinajstić information content (AvgIpc) is 3.14. The molecule has 0 aliphatic carbocycles. The van der Waals surface area contributed by atoms with E-state index in [1.807, 2.05) is 17.4 Å². The van der Waals surface area contributed by atoms with Crippen LogP contribution in [0, 0.1) is 0 Å². The number of nitrogens with zero attached hydrogens (tertiary/aromatic N) is 4. The molecule has 1 N–H and O–H groups in total. The Morgan fingerprint density at radius 3 is 2.76 bits per heavy atom. The molecule has 0 bridgehead atoms. The van der Waals surface area contributed by atoms with Gasteiger partial charge in [-0.05, 0) is 18.2 Å². The standard InChI is InChI=1S/C17H22ClN5O2/c1-25-16-3-2-14(18)12-15(16)20-17(24)23-10-8-21(9-11-23)6-7-22-5-4-19-13-22/h2-5,12-13H,6-11H2,1H3,(H,20,24). The van der Waals surface area contributed by atoms with Gasteiger partial charge in [-0.25, -0.2) is 9.78 Å². The van der Waals surface area contributed by atoms with Crippen LogP contribution < -0.4 is 10.1 Å². The lowest BCUT2D eigenvalue weighted by Crippen LogP contribution is -2.50. The summed E-state index contributed by atoms with van der Waals surface area (Å²) in [5.41, 5.74) is 0.586. The molecule has 0 atom stereocenters. The van der Waals surface area contributed by atoms with Crippen molar-refractivity contribution in [3.05, 3.63) is 41.9 Å². The lowest BCUT2D eigenvalue weighted by molar-refractivity contribution is 0.144. The van der Waals surface area contributed by atoms with Crippen molar-refractivity contribution in [1.82, 2.24) is 19.4 Å². The molecule has 1 aliphatic rings. The van der Waals surface area contributed by atoms with Crippen LogP contribution in [0.25, 0.3) is 0 Å². The van der Waals surface area contributed by atoms with E-state index >= 15 is 0 Å². The Morgan fingerprint density at radius 2 is 2.08 bits per heavy atom. The SMILES string of the molecule is COc1ccc(Cl)cc1NC(=O)N1CCN(CCn2ccnc2)CC1. The highest BCUT2D eigenvalue weighted by molar-refractivity contribution is 6.31. The second kappa shape index (κ2) is 8.22. The van der Waals surface area contributed by atoms with Crippen molar-refractivity contribution in [3.8, 4) is 5.75 Å². The van der Waals surface area contributed by atoms with Gasteiger partial charge in [0.25, 0.3) is 0 Å². The number of amides is 2. The van der Waals surface area contributed by atoms with Gasteiger partial charge < -0.3 is 19.5 Å². The molecule has 3 rings (SSSR count). The van der Waals surface area contributed by atoms with E-state index in [9.17, 15) is 4.79 Å². The van der Waals surface area contributed by atoms with Crippen LogP contribution in [0.1, 0.15) is 0 Å². The molecule has 134 valence electrons. The van der Waals surface area contributed by atoms with Crippen molar-refractivity contribution in [2.75, 3.05) is 45.2 Å². The van der Waals surface area contributed by atoms with E-state index in [0.29, 0.717) is 29.5 Å². The summed E-state index contributed by atoms with van der Waals surface area (Å²) in [6, 6.07) is 5.04. The molecule has 8 heteroatoms. The number of rotatable bonds is 5. The molecule has 1 fully saturated rings. The number of imidazole rings is 1. The number of halogens is 1. The van der Waals surface area contributed by atoms with E-state index in [0.717, 1.165) is 26.2 Å². The third kappa shape index (κ3) is 4.64. The molecule has 1 aliphatic heterocycles. The number of anilines is 1. The zero-order valence-electron chi connectivity index (χ0n) is 14.2. The second-order valence-electron chi connectivity index (χ2n) is 5.90. The first-order valence-corrected chi connectivity index (χ1v) is 8.61. The molecule has 0 spiro atoms. The first kappa shape index (κ1) is 17.6. The number of carbonyl (C=O) groups excluding carboxylic acids is 1. The topological polar surface area (TPSA) is 62.6 Å². The predicted octanol–water partition coefficient (Wildman–Crippen LogP) is 2.39. The van der Waals surface area contributed by atoms with E-state index in [2.05, 4.69) is 19.8 Å². The van der Waals surface area contributed by atoms with Crippen molar-refractivity contribution in [3.63, 3.8) is 0 Å². The predicted molar refractivity (Wildman–Crippen MR) is 97.3 cm³/mol. The monoisotopic (exact) mass is 363 g/mol. The summed E-state index contributed by atoms with van der Waals surface area (Å²) in [4.78, 5) is 20.7. The molecular formula is C17H22ClN5O2. The van der Waals surface area contributed by atoms with Gasteiger partial charge in [0.2, 0.25) is 0 Å². The van der Waals surface area contributed by atoms with Crippen molar-refractivity contribution < 1.29 is 9.53 Å². The maximum atomic E-state index is 12.5. The second-order valence-corrected chi connectivity index (χ2v) is 6.34. The maximum Gasteiger partial charge on any atom is 0.322 e. The third-order valence-electron chi connectivity index (χ3n) is 4.30. The van der Waals surface area contributed by atoms with Gasteiger partial charge in [-0.15, -0.1) is 0 Å². The van der Waals surface area contributed by atoms with Gasteiger partial charge in [0.15, 0.2) is 0 Å². The summed E-state index contributed by atoms with van der Waals surface area (Å²) >= 11 is 6.01. The minimum atomic E-state index is -0.130. The van der Waals surface area contributed by atoms with Gasteiger partial charge in [0.05, 0.1) is 19.1 Å². The molecule has 2 aromatic rings. The number of carbonyl (C=O) groups is 1. The Bertz CT molecular complexity index is 699. The van der Waals surface area contributed by atoms with Crippen LogP contribution in [0.5, 0.6) is 5.75 Å². The van der Waals surface area contributed by atoms with Crippen LogP contribution >= 0.6 is 11.6 Å². The summed E-state index contributed by atoms with van der Waals surface area (Å²) in [6.07, 6.45) is 5.57. The Labute approximate surface area is 152 Å². The zero-order valence-corrected chi connectivity index (χ0v) is 14.9. The molecule has 1 aromatic carbocycles. The van der Waals surface area contributed by atoms with Crippen LogP contribution in [0.2, 0.25) is 5.02 Å². The lowest BCUT2D eigenvalue weighted by atomic mass is 10.3. The summed E-state index contributed by atoms with van der Waals surface area (Å²) in [7, 11) is 1.57. The smallest absolute Gasteiger partial charge is 0.322 e. The first-order valence-electron chi connectivity index (χ1n) is 8.23. The van der Waals surface area contributed by atoms with Crippen molar-refractivity contribution in [2.24, 2.45) is 0 Å². The molecule has 2 amide bonds. The van der Waals surface area contributed by atoms with Crippen molar-refractivity contribution >= 4 is 23.3 Å². The number of hydrogen-bond acceptors (Lipinski definition) is 4. The average molecular weight is 364 g/mol. The van der Waals surface area contributed by atoms with Crippen LogP contribution in [-0.2, 0) is 6.54 Å². The Kier molecular flexibility index (Phi) is 5.78. The summed E-state index contributed by atoms with van der Waals surface area (Å²) < 4.78 is 7.33. The first-order chi connectivity index (χ1) is 12.2. The van der Waals surface area contributed by atoms with Crippen LogP contribution in [0.15, 0.2) is 36.9 Å². The summed E-state index contributed by atoms with van der Waals surface area (Å²) in [6.45, 7) is 4.96. The Morgan fingerprint density at radius 1 is 1.28 bits per heavy atom. The van der Waals surface area contributed by atoms with Gasteiger partial charge in [0, 0.05) is 56.7 Å². The fourth-order valence-electron chi connectivity index (χ4n) is 2.82. The number of aromatic nitrogens is 2. The van der Waals surface area contributed by atoms with Crippen LogP contribution in [0.4, 0.5) is 10.5 Å². The number of ether oxygens (including phenoxy) is 1. The third-order valence-corrected chi connectivity index (χ3v) is 4.53. The molecule has 1 saturated heterocycles. The number of benzene rings is 1. The molecule has 7 nitrogen and oxygen atoms in total. The van der Waals surface area contributed by atoms with E-state index in [1.54, 1.807) is 31.5 Å².